The minimum atomic E-state index is 0.843. The second-order valence-electron chi connectivity index (χ2n) is 5.62. The average Bonchev–Trinajstić information content (AvgIpc) is 2.52. The number of aromatic nitrogens is 2. The average molecular weight is 298 g/mol. The van der Waals surface area contributed by atoms with Crippen molar-refractivity contribution in [1.29, 1.82) is 0 Å². The second-order valence-corrected chi connectivity index (χ2v) is 5.62. The molecule has 4 nitrogen and oxygen atoms in total. The summed E-state index contributed by atoms with van der Waals surface area (Å²) >= 11 is 0. The van der Waals surface area contributed by atoms with Gasteiger partial charge in [-0.05, 0) is 43.9 Å². The normalized spacial score (nSPS) is 10.5. The first-order valence-corrected chi connectivity index (χ1v) is 8.06. The van der Waals surface area contributed by atoms with E-state index in [0.717, 1.165) is 43.3 Å². The molecular formula is C18H26N4. The second kappa shape index (κ2) is 7.78. The maximum absolute atomic E-state index is 4.43. The van der Waals surface area contributed by atoms with E-state index in [1.807, 2.05) is 6.07 Å². The van der Waals surface area contributed by atoms with E-state index in [0.29, 0.717) is 0 Å². The molecule has 4 heteroatoms. The lowest BCUT2D eigenvalue weighted by Crippen LogP contribution is -2.25. The number of benzene rings is 1. The van der Waals surface area contributed by atoms with Crippen molar-refractivity contribution in [3.05, 3.63) is 41.7 Å². The zero-order chi connectivity index (χ0) is 15.9. The molecular weight excluding hydrogens is 272 g/mol. The van der Waals surface area contributed by atoms with Gasteiger partial charge < -0.3 is 10.2 Å². The van der Waals surface area contributed by atoms with Crippen LogP contribution in [0.15, 0.2) is 30.6 Å². The number of aryl methyl sites for hydroxylation is 1. The number of hydrogen-bond donors (Lipinski definition) is 1. The summed E-state index contributed by atoms with van der Waals surface area (Å²) in [4.78, 5) is 11.1. The Hall–Kier alpha value is -2.10. The monoisotopic (exact) mass is 298 g/mol. The molecule has 0 saturated heterocycles. The van der Waals surface area contributed by atoms with Gasteiger partial charge in [-0.1, -0.05) is 26.0 Å². The van der Waals surface area contributed by atoms with Crippen LogP contribution in [0.3, 0.4) is 0 Å². The molecule has 22 heavy (non-hydrogen) atoms. The first kappa shape index (κ1) is 16.3. The Labute approximate surface area is 133 Å². The third-order valence-electron chi connectivity index (χ3n) is 3.83. The Bertz CT molecular complexity index is 604. The van der Waals surface area contributed by atoms with Crippen molar-refractivity contribution < 1.29 is 0 Å². The summed E-state index contributed by atoms with van der Waals surface area (Å²) in [5.41, 5.74) is 3.63. The quantitative estimate of drug-likeness (QED) is 0.819. The smallest absolute Gasteiger partial charge is 0.135 e. The van der Waals surface area contributed by atoms with E-state index in [2.05, 4.69) is 66.1 Å². The van der Waals surface area contributed by atoms with Crippen LogP contribution in [0.2, 0.25) is 0 Å². The topological polar surface area (TPSA) is 41.0 Å². The fraction of sp³-hybridized carbons (Fsp3) is 0.444. The van der Waals surface area contributed by atoms with E-state index in [-0.39, 0.29) is 0 Å². The Morgan fingerprint density at radius 1 is 1.05 bits per heavy atom. The van der Waals surface area contributed by atoms with Crippen molar-refractivity contribution in [3.8, 4) is 0 Å². The predicted molar refractivity (Wildman–Crippen MR) is 94.0 cm³/mol. The number of nitrogens with zero attached hydrogens (tertiary/aromatic N) is 3. The molecule has 0 aliphatic heterocycles. The number of nitrogens with one attached hydrogen (secondary N) is 1. The number of hydrogen-bond acceptors (Lipinski definition) is 4. The zero-order valence-electron chi connectivity index (χ0n) is 14.1. The minimum absolute atomic E-state index is 0.843. The summed E-state index contributed by atoms with van der Waals surface area (Å²) in [6, 6.07) is 8.30. The highest BCUT2D eigenvalue weighted by Crippen LogP contribution is 2.23. The van der Waals surface area contributed by atoms with Crippen molar-refractivity contribution in [3.63, 3.8) is 0 Å². The van der Waals surface area contributed by atoms with Gasteiger partial charge in [0, 0.05) is 24.8 Å². The van der Waals surface area contributed by atoms with Crippen molar-refractivity contribution in [2.24, 2.45) is 0 Å². The summed E-state index contributed by atoms with van der Waals surface area (Å²) in [5, 5.41) is 3.41. The highest BCUT2D eigenvalue weighted by molar-refractivity contribution is 5.63. The molecule has 1 heterocycles. The molecule has 0 atom stereocenters. The van der Waals surface area contributed by atoms with Gasteiger partial charge in [-0.15, -0.1) is 0 Å². The largest absolute Gasteiger partial charge is 0.356 e. The highest BCUT2D eigenvalue weighted by Gasteiger charge is 2.08. The molecule has 118 valence electrons. The van der Waals surface area contributed by atoms with E-state index in [1.54, 1.807) is 6.33 Å². The summed E-state index contributed by atoms with van der Waals surface area (Å²) in [5.74, 6) is 1.84. The van der Waals surface area contributed by atoms with E-state index < -0.39 is 0 Å². The SMILES string of the molecule is CCCN(CCC)c1cc(Nc2cccc(C)c2C)ncn1. The molecule has 0 saturated carbocycles. The highest BCUT2D eigenvalue weighted by atomic mass is 15.2. The molecule has 0 aliphatic carbocycles. The molecule has 0 aliphatic rings. The van der Waals surface area contributed by atoms with E-state index in [4.69, 9.17) is 0 Å². The maximum atomic E-state index is 4.43. The molecule has 2 aromatic rings. The molecule has 1 aromatic heterocycles. The molecule has 0 unspecified atom stereocenters. The van der Waals surface area contributed by atoms with E-state index in [1.165, 1.54) is 11.1 Å². The van der Waals surface area contributed by atoms with Crippen LogP contribution in [0.4, 0.5) is 17.3 Å². The first-order chi connectivity index (χ1) is 10.7. The Morgan fingerprint density at radius 3 is 2.45 bits per heavy atom. The molecule has 1 aromatic carbocycles. The Kier molecular flexibility index (Phi) is 5.75. The molecule has 0 spiro atoms. The zero-order valence-corrected chi connectivity index (χ0v) is 14.1. The lowest BCUT2D eigenvalue weighted by Gasteiger charge is -2.22. The van der Waals surface area contributed by atoms with Gasteiger partial charge in [0.05, 0.1) is 0 Å². The number of anilines is 3. The molecule has 1 N–H and O–H groups in total. The number of rotatable bonds is 7. The summed E-state index contributed by atoms with van der Waals surface area (Å²) in [6.45, 7) is 10.7. The van der Waals surface area contributed by atoms with Crippen LogP contribution in [-0.2, 0) is 0 Å². The van der Waals surface area contributed by atoms with Gasteiger partial charge >= 0.3 is 0 Å². The Balaban J connectivity index is 2.22. The maximum Gasteiger partial charge on any atom is 0.135 e. The van der Waals surface area contributed by atoms with Crippen LogP contribution in [0.5, 0.6) is 0 Å². The molecule has 0 fully saturated rings. The van der Waals surface area contributed by atoms with Gasteiger partial charge in [0.1, 0.15) is 18.0 Å². The third kappa shape index (κ3) is 3.97. The third-order valence-corrected chi connectivity index (χ3v) is 3.83. The standard InChI is InChI=1S/C18H26N4/c1-5-10-22(11-6-2)18-12-17(19-13-20-18)21-16-9-7-8-14(3)15(16)4/h7-9,12-13H,5-6,10-11H2,1-4H3,(H,19,20,21). The van der Waals surface area contributed by atoms with Crippen molar-refractivity contribution in [2.75, 3.05) is 23.3 Å². The van der Waals surface area contributed by atoms with Crippen LogP contribution in [0, 0.1) is 13.8 Å². The lowest BCUT2D eigenvalue weighted by molar-refractivity contribution is 0.733. The van der Waals surface area contributed by atoms with E-state index >= 15 is 0 Å². The van der Waals surface area contributed by atoms with Gasteiger partial charge in [0.2, 0.25) is 0 Å². The van der Waals surface area contributed by atoms with Gasteiger partial charge in [0.25, 0.3) is 0 Å². The van der Waals surface area contributed by atoms with E-state index in [9.17, 15) is 0 Å². The summed E-state index contributed by atoms with van der Waals surface area (Å²) in [6.07, 6.45) is 3.87. The van der Waals surface area contributed by atoms with Gasteiger partial charge in [-0.2, -0.15) is 0 Å². The van der Waals surface area contributed by atoms with Crippen LogP contribution in [0.25, 0.3) is 0 Å². The fourth-order valence-electron chi connectivity index (χ4n) is 2.49. The summed E-state index contributed by atoms with van der Waals surface area (Å²) < 4.78 is 0. The molecule has 2 rings (SSSR count). The lowest BCUT2D eigenvalue weighted by atomic mass is 10.1. The van der Waals surface area contributed by atoms with Crippen molar-refractivity contribution >= 4 is 17.3 Å². The predicted octanol–water partition coefficient (Wildman–Crippen LogP) is 4.46. The van der Waals surface area contributed by atoms with Crippen LogP contribution < -0.4 is 10.2 Å². The minimum Gasteiger partial charge on any atom is -0.356 e. The first-order valence-electron chi connectivity index (χ1n) is 8.06. The van der Waals surface area contributed by atoms with Crippen LogP contribution in [-0.4, -0.2) is 23.1 Å². The Morgan fingerprint density at radius 2 is 1.77 bits per heavy atom. The van der Waals surface area contributed by atoms with Gasteiger partial charge in [0.15, 0.2) is 0 Å². The molecule has 0 bridgehead atoms. The van der Waals surface area contributed by atoms with Gasteiger partial charge in [-0.25, -0.2) is 9.97 Å². The molecule has 0 radical (unpaired) electrons. The molecule has 0 amide bonds. The fourth-order valence-corrected chi connectivity index (χ4v) is 2.49. The van der Waals surface area contributed by atoms with Gasteiger partial charge in [-0.3, -0.25) is 0 Å². The van der Waals surface area contributed by atoms with Crippen LogP contribution >= 0.6 is 0 Å². The van der Waals surface area contributed by atoms with Crippen molar-refractivity contribution in [2.45, 2.75) is 40.5 Å². The summed E-state index contributed by atoms with van der Waals surface area (Å²) in [7, 11) is 0. The van der Waals surface area contributed by atoms with Crippen LogP contribution in [0.1, 0.15) is 37.8 Å². The van der Waals surface area contributed by atoms with Crippen molar-refractivity contribution in [1.82, 2.24) is 9.97 Å².